The highest BCUT2D eigenvalue weighted by Crippen LogP contribution is 2.29. The van der Waals surface area contributed by atoms with Gasteiger partial charge in [0.1, 0.15) is 5.82 Å². The van der Waals surface area contributed by atoms with Gasteiger partial charge in [0.2, 0.25) is 11.8 Å². The third kappa shape index (κ3) is 3.75. The van der Waals surface area contributed by atoms with Crippen LogP contribution in [0.4, 0.5) is 10.1 Å². The van der Waals surface area contributed by atoms with Gasteiger partial charge in [0.15, 0.2) is 0 Å². The van der Waals surface area contributed by atoms with Gasteiger partial charge in [-0.3, -0.25) is 14.5 Å². The van der Waals surface area contributed by atoms with Gasteiger partial charge in [0.05, 0.1) is 6.54 Å². The van der Waals surface area contributed by atoms with E-state index in [2.05, 4.69) is 10.2 Å². The molecule has 2 amide bonds. The Morgan fingerprint density at radius 3 is 2.71 bits per heavy atom. The van der Waals surface area contributed by atoms with Crippen LogP contribution in [0, 0.1) is 5.82 Å². The van der Waals surface area contributed by atoms with Crippen molar-refractivity contribution in [1.82, 2.24) is 9.80 Å². The monoisotopic (exact) mass is 333 g/mol. The van der Waals surface area contributed by atoms with Gasteiger partial charge in [-0.05, 0) is 43.5 Å². The summed E-state index contributed by atoms with van der Waals surface area (Å²) in [6, 6.07) is 6.23. The Labute approximate surface area is 141 Å². The molecule has 2 heterocycles. The Bertz CT molecular complexity index is 605. The van der Waals surface area contributed by atoms with Crippen LogP contribution in [0.3, 0.4) is 0 Å². The number of halogens is 1. The molecule has 2 saturated heterocycles. The first kappa shape index (κ1) is 16.9. The number of nitrogens with zero attached hydrogens (tertiary/aromatic N) is 2. The van der Waals surface area contributed by atoms with Crippen LogP contribution in [-0.2, 0) is 9.59 Å². The molecule has 130 valence electrons. The van der Waals surface area contributed by atoms with Gasteiger partial charge in [-0.25, -0.2) is 4.39 Å². The smallest absolute Gasteiger partial charge is 0.238 e. The lowest BCUT2D eigenvalue weighted by atomic mass is 9.97. The van der Waals surface area contributed by atoms with Gasteiger partial charge in [0, 0.05) is 37.8 Å². The van der Waals surface area contributed by atoms with Crippen LogP contribution in [0.2, 0.25) is 0 Å². The molecule has 5 nitrogen and oxygen atoms in total. The van der Waals surface area contributed by atoms with E-state index >= 15 is 0 Å². The molecule has 0 unspecified atom stereocenters. The SMILES string of the molecule is CN1C(=O)CCCC[C@@H]2[C@@H]1CCN2CC(=O)Nc1ccc(F)cc1. The van der Waals surface area contributed by atoms with Gasteiger partial charge < -0.3 is 10.2 Å². The summed E-state index contributed by atoms with van der Waals surface area (Å²) in [5, 5.41) is 2.81. The number of hydrogen-bond acceptors (Lipinski definition) is 3. The molecule has 0 aromatic heterocycles. The summed E-state index contributed by atoms with van der Waals surface area (Å²) in [5.41, 5.74) is 0.599. The number of hydrogen-bond donors (Lipinski definition) is 1. The van der Waals surface area contributed by atoms with Gasteiger partial charge in [-0.1, -0.05) is 6.42 Å². The molecular formula is C18H24FN3O2. The summed E-state index contributed by atoms with van der Waals surface area (Å²) in [4.78, 5) is 28.5. The second kappa shape index (κ2) is 7.30. The van der Waals surface area contributed by atoms with E-state index in [0.717, 1.165) is 32.2 Å². The molecule has 24 heavy (non-hydrogen) atoms. The number of carbonyl (C=O) groups excluding carboxylic acids is 2. The lowest BCUT2D eigenvalue weighted by Gasteiger charge is -2.35. The normalized spacial score (nSPS) is 25.1. The minimum atomic E-state index is -0.322. The highest BCUT2D eigenvalue weighted by atomic mass is 19.1. The van der Waals surface area contributed by atoms with E-state index < -0.39 is 0 Å². The van der Waals surface area contributed by atoms with E-state index in [1.54, 1.807) is 12.1 Å². The minimum absolute atomic E-state index is 0.0988. The lowest BCUT2D eigenvalue weighted by Crippen LogP contribution is -2.48. The molecule has 0 aliphatic carbocycles. The molecule has 0 radical (unpaired) electrons. The predicted molar refractivity (Wildman–Crippen MR) is 90.0 cm³/mol. The van der Waals surface area contributed by atoms with Crippen molar-refractivity contribution in [1.29, 1.82) is 0 Å². The van der Waals surface area contributed by atoms with E-state index in [0.29, 0.717) is 18.7 Å². The van der Waals surface area contributed by atoms with Crippen molar-refractivity contribution in [3.63, 3.8) is 0 Å². The lowest BCUT2D eigenvalue weighted by molar-refractivity contribution is -0.133. The Balaban J connectivity index is 1.61. The zero-order valence-electron chi connectivity index (χ0n) is 14.0. The number of carbonyl (C=O) groups is 2. The number of anilines is 1. The van der Waals surface area contributed by atoms with Crippen LogP contribution in [0.15, 0.2) is 24.3 Å². The number of likely N-dealkylation sites (N-methyl/N-ethyl adjacent to an activating group) is 1. The van der Waals surface area contributed by atoms with Crippen LogP contribution >= 0.6 is 0 Å². The standard InChI is InChI=1S/C18H24FN3O2/c1-21-15-10-11-22(16(15)4-2-3-5-18(21)24)12-17(23)20-14-8-6-13(19)7-9-14/h6-9,15-16H,2-5,10-12H2,1H3,(H,20,23)/t15-,16+/m0/s1. The largest absolute Gasteiger partial charge is 0.341 e. The highest BCUT2D eigenvalue weighted by Gasteiger charge is 2.39. The number of nitrogens with one attached hydrogen (secondary N) is 1. The predicted octanol–water partition coefficient (Wildman–Crippen LogP) is 2.24. The van der Waals surface area contributed by atoms with Gasteiger partial charge in [-0.2, -0.15) is 0 Å². The van der Waals surface area contributed by atoms with Gasteiger partial charge >= 0.3 is 0 Å². The maximum absolute atomic E-state index is 12.9. The summed E-state index contributed by atoms with van der Waals surface area (Å²) in [6.45, 7) is 1.13. The molecule has 1 aromatic carbocycles. The summed E-state index contributed by atoms with van der Waals surface area (Å²) in [6.07, 6.45) is 4.51. The fraction of sp³-hybridized carbons (Fsp3) is 0.556. The topological polar surface area (TPSA) is 52.7 Å². The van der Waals surface area contributed by atoms with Crippen LogP contribution in [0.1, 0.15) is 32.1 Å². The molecule has 1 N–H and O–H groups in total. The van der Waals surface area contributed by atoms with Crippen molar-refractivity contribution >= 4 is 17.5 Å². The highest BCUT2D eigenvalue weighted by molar-refractivity contribution is 5.92. The average molecular weight is 333 g/mol. The first-order valence-corrected chi connectivity index (χ1v) is 8.60. The number of likely N-dealkylation sites (tertiary alicyclic amines) is 2. The van der Waals surface area contributed by atoms with Gasteiger partial charge in [0.25, 0.3) is 0 Å². The van der Waals surface area contributed by atoms with E-state index in [9.17, 15) is 14.0 Å². The Hall–Kier alpha value is -1.95. The first-order chi connectivity index (χ1) is 11.5. The molecule has 1 aromatic rings. The number of rotatable bonds is 3. The third-order valence-corrected chi connectivity index (χ3v) is 5.13. The fourth-order valence-corrected chi connectivity index (χ4v) is 3.83. The van der Waals surface area contributed by atoms with Crippen molar-refractivity contribution in [3.8, 4) is 0 Å². The maximum Gasteiger partial charge on any atom is 0.238 e. The number of benzene rings is 1. The summed E-state index contributed by atoms with van der Waals surface area (Å²) in [7, 11) is 1.88. The molecule has 2 aliphatic rings. The Morgan fingerprint density at radius 1 is 1.21 bits per heavy atom. The molecule has 0 saturated carbocycles. The third-order valence-electron chi connectivity index (χ3n) is 5.13. The van der Waals surface area contributed by atoms with E-state index in [1.807, 2.05) is 11.9 Å². The van der Waals surface area contributed by atoms with Crippen LogP contribution < -0.4 is 5.32 Å². The minimum Gasteiger partial charge on any atom is -0.341 e. The van der Waals surface area contributed by atoms with Crippen molar-refractivity contribution in [2.45, 2.75) is 44.2 Å². The zero-order valence-corrected chi connectivity index (χ0v) is 14.0. The van der Waals surface area contributed by atoms with Crippen molar-refractivity contribution in [3.05, 3.63) is 30.1 Å². The fourth-order valence-electron chi connectivity index (χ4n) is 3.83. The van der Waals surface area contributed by atoms with Crippen LogP contribution in [0.5, 0.6) is 0 Å². The zero-order chi connectivity index (χ0) is 17.1. The van der Waals surface area contributed by atoms with Crippen molar-refractivity contribution in [2.75, 3.05) is 25.5 Å². The van der Waals surface area contributed by atoms with E-state index in [-0.39, 0.29) is 29.7 Å². The van der Waals surface area contributed by atoms with Crippen molar-refractivity contribution in [2.24, 2.45) is 0 Å². The summed E-state index contributed by atoms with van der Waals surface area (Å²) >= 11 is 0. The average Bonchev–Trinajstić information content (AvgIpc) is 2.93. The Kier molecular flexibility index (Phi) is 5.14. The van der Waals surface area contributed by atoms with Crippen LogP contribution in [0.25, 0.3) is 0 Å². The molecule has 2 atom stereocenters. The van der Waals surface area contributed by atoms with E-state index in [1.165, 1.54) is 12.1 Å². The molecule has 2 aliphatic heterocycles. The molecule has 3 rings (SSSR count). The van der Waals surface area contributed by atoms with Crippen LogP contribution in [-0.4, -0.2) is 53.8 Å². The maximum atomic E-state index is 12.9. The Morgan fingerprint density at radius 2 is 1.96 bits per heavy atom. The molecule has 2 fully saturated rings. The first-order valence-electron chi connectivity index (χ1n) is 8.60. The molecule has 0 spiro atoms. The molecular weight excluding hydrogens is 309 g/mol. The number of fused-ring (bicyclic) bond motifs is 1. The quantitative estimate of drug-likeness (QED) is 0.923. The van der Waals surface area contributed by atoms with Gasteiger partial charge in [-0.15, -0.1) is 0 Å². The second-order valence-corrected chi connectivity index (χ2v) is 6.70. The van der Waals surface area contributed by atoms with E-state index in [4.69, 9.17) is 0 Å². The van der Waals surface area contributed by atoms with Crippen molar-refractivity contribution < 1.29 is 14.0 Å². The summed E-state index contributed by atoms with van der Waals surface area (Å²) < 4.78 is 12.9. The molecule has 0 bridgehead atoms. The number of amides is 2. The molecule has 6 heteroatoms. The summed E-state index contributed by atoms with van der Waals surface area (Å²) in [5.74, 6) is -0.210. The second-order valence-electron chi connectivity index (χ2n) is 6.70.